The van der Waals surface area contributed by atoms with E-state index in [2.05, 4.69) is 33.4 Å². The average molecular weight is 271 g/mol. The minimum atomic E-state index is 0.473. The summed E-state index contributed by atoms with van der Waals surface area (Å²) in [5.41, 5.74) is 3.49. The molecule has 2 aromatic rings. The molecule has 1 aromatic carbocycles. The zero-order valence-electron chi connectivity index (χ0n) is 11.8. The Bertz CT molecular complexity index is 592. The maximum atomic E-state index is 5.49. The highest BCUT2D eigenvalue weighted by molar-refractivity contribution is 5.90. The zero-order valence-corrected chi connectivity index (χ0v) is 11.8. The van der Waals surface area contributed by atoms with Gasteiger partial charge in [-0.1, -0.05) is 31.4 Å². The van der Waals surface area contributed by atoms with E-state index < -0.39 is 0 Å². The van der Waals surface area contributed by atoms with E-state index in [9.17, 15) is 0 Å². The Labute approximate surface area is 119 Å². The number of hydrazine groups is 1. The van der Waals surface area contributed by atoms with Crippen LogP contribution in [0.3, 0.4) is 0 Å². The molecule has 0 aliphatic heterocycles. The molecule has 1 aliphatic carbocycles. The van der Waals surface area contributed by atoms with Crippen molar-refractivity contribution in [2.24, 2.45) is 5.84 Å². The predicted octanol–water partition coefficient (Wildman–Crippen LogP) is 2.68. The number of para-hydroxylation sites is 1. The molecule has 20 heavy (non-hydrogen) atoms. The maximum Gasteiger partial charge on any atom is 0.239 e. The van der Waals surface area contributed by atoms with Crippen molar-refractivity contribution in [3.05, 3.63) is 24.3 Å². The lowest BCUT2D eigenvalue weighted by Gasteiger charge is -2.32. The summed E-state index contributed by atoms with van der Waals surface area (Å²) in [4.78, 5) is 11.3. The molecule has 5 heteroatoms. The molecule has 0 saturated heterocycles. The summed E-state index contributed by atoms with van der Waals surface area (Å²) in [6.07, 6.45) is 6.44. The SMILES string of the molecule is CN(c1nc(NN)nc2ccccc12)C1CCCCC1. The molecule has 0 atom stereocenters. The Kier molecular flexibility index (Phi) is 3.69. The molecule has 1 fully saturated rings. The summed E-state index contributed by atoms with van der Waals surface area (Å²) in [6.45, 7) is 0. The fourth-order valence-electron chi connectivity index (χ4n) is 3.03. The Hall–Kier alpha value is -1.88. The number of aromatic nitrogens is 2. The number of anilines is 2. The molecule has 0 radical (unpaired) electrons. The second-order valence-electron chi connectivity index (χ2n) is 5.44. The number of hydrogen-bond acceptors (Lipinski definition) is 5. The molecule has 3 rings (SSSR count). The van der Waals surface area contributed by atoms with Gasteiger partial charge in [0.2, 0.25) is 5.95 Å². The summed E-state index contributed by atoms with van der Waals surface area (Å²) in [6, 6.07) is 8.65. The summed E-state index contributed by atoms with van der Waals surface area (Å²) in [5.74, 6) is 6.94. The highest BCUT2D eigenvalue weighted by Gasteiger charge is 2.21. The van der Waals surface area contributed by atoms with E-state index in [1.54, 1.807) is 0 Å². The minimum absolute atomic E-state index is 0.473. The third-order valence-electron chi connectivity index (χ3n) is 4.17. The monoisotopic (exact) mass is 271 g/mol. The van der Waals surface area contributed by atoms with Gasteiger partial charge in [-0.25, -0.2) is 10.8 Å². The molecule has 1 heterocycles. The highest BCUT2D eigenvalue weighted by Crippen LogP contribution is 2.30. The van der Waals surface area contributed by atoms with Crippen molar-refractivity contribution >= 4 is 22.7 Å². The van der Waals surface area contributed by atoms with Crippen LogP contribution >= 0.6 is 0 Å². The zero-order chi connectivity index (χ0) is 13.9. The molecule has 1 saturated carbocycles. The largest absolute Gasteiger partial charge is 0.356 e. The minimum Gasteiger partial charge on any atom is -0.356 e. The summed E-state index contributed by atoms with van der Waals surface area (Å²) < 4.78 is 0. The van der Waals surface area contributed by atoms with Gasteiger partial charge in [0.05, 0.1) is 5.52 Å². The van der Waals surface area contributed by atoms with Crippen LogP contribution in [0.1, 0.15) is 32.1 Å². The lowest BCUT2D eigenvalue weighted by atomic mass is 9.94. The molecule has 0 unspecified atom stereocenters. The van der Waals surface area contributed by atoms with Crippen LogP contribution in [-0.4, -0.2) is 23.1 Å². The van der Waals surface area contributed by atoms with E-state index >= 15 is 0 Å². The third kappa shape index (κ3) is 2.41. The number of nitrogens with zero attached hydrogens (tertiary/aromatic N) is 3. The van der Waals surface area contributed by atoms with E-state index in [1.165, 1.54) is 32.1 Å². The molecule has 1 aromatic heterocycles. The quantitative estimate of drug-likeness (QED) is 0.663. The molecular formula is C15H21N5. The van der Waals surface area contributed by atoms with Crippen LogP contribution in [0, 0.1) is 0 Å². The lowest BCUT2D eigenvalue weighted by molar-refractivity contribution is 0.426. The number of benzene rings is 1. The third-order valence-corrected chi connectivity index (χ3v) is 4.17. The molecule has 3 N–H and O–H groups in total. The van der Waals surface area contributed by atoms with E-state index in [1.807, 2.05) is 18.2 Å². The van der Waals surface area contributed by atoms with Crippen LogP contribution in [-0.2, 0) is 0 Å². The van der Waals surface area contributed by atoms with Gasteiger partial charge in [0.1, 0.15) is 5.82 Å². The first kappa shape index (κ1) is 13.1. The topological polar surface area (TPSA) is 67.1 Å². The molecule has 0 amide bonds. The standard InChI is InChI=1S/C15H21N5/c1-20(11-7-3-2-4-8-11)14-12-9-5-6-10-13(12)17-15(18-14)19-16/h5-6,9-11H,2-4,7-8,16H2,1H3,(H,17,18,19). The van der Waals surface area contributed by atoms with Crippen LogP contribution in [0.25, 0.3) is 10.9 Å². The molecule has 106 valence electrons. The predicted molar refractivity (Wildman–Crippen MR) is 82.6 cm³/mol. The molecule has 5 nitrogen and oxygen atoms in total. The van der Waals surface area contributed by atoms with Gasteiger partial charge in [0.25, 0.3) is 0 Å². The summed E-state index contributed by atoms with van der Waals surface area (Å²) in [5, 5.41) is 1.08. The van der Waals surface area contributed by atoms with Crippen molar-refractivity contribution in [1.82, 2.24) is 9.97 Å². The number of nitrogen functional groups attached to an aromatic ring is 1. The fourth-order valence-corrected chi connectivity index (χ4v) is 3.03. The Morgan fingerprint density at radius 1 is 1.15 bits per heavy atom. The number of nitrogens with one attached hydrogen (secondary N) is 1. The van der Waals surface area contributed by atoms with Crippen LogP contribution in [0.15, 0.2) is 24.3 Å². The summed E-state index contributed by atoms with van der Waals surface area (Å²) >= 11 is 0. The van der Waals surface area contributed by atoms with Crippen molar-refractivity contribution < 1.29 is 0 Å². The number of hydrogen-bond donors (Lipinski definition) is 2. The van der Waals surface area contributed by atoms with E-state index in [0.717, 1.165) is 16.7 Å². The van der Waals surface area contributed by atoms with E-state index in [-0.39, 0.29) is 0 Å². The lowest BCUT2D eigenvalue weighted by Crippen LogP contribution is -2.34. The Morgan fingerprint density at radius 3 is 2.65 bits per heavy atom. The van der Waals surface area contributed by atoms with Crippen LogP contribution in [0.5, 0.6) is 0 Å². The number of fused-ring (bicyclic) bond motifs is 1. The van der Waals surface area contributed by atoms with Crippen molar-refractivity contribution in [2.45, 2.75) is 38.1 Å². The van der Waals surface area contributed by atoms with Gasteiger partial charge in [-0.15, -0.1) is 0 Å². The van der Waals surface area contributed by atoms with E-state index in [4.69, 9.17) is 5.84 Å². The van der Waals surface area contributed by atoms with Crippen LogP contribution in [0.2, 0.25) is 0 Å². The van der Waals surface area contributed by atoms with Gasteiger partial charge >= 0.3 is 0 Å². The van der Waals surface area contributed by atoms with Gasteiger partial charge in [0, 0.05) is 18.5 Å². The van der Waals surface area contributed by atoms with Crippen molar-refractivity contribution in [2.75, 3.05) is 17.4 Å². The van der Waals surface area contributed by atoms with Gasteiger partial charge in [-0.2, -0.15) is 4.98 Å². The van der Waals surface area contributed by atoms with Gasteiger partial charge in [-0.05, 0) is 25.0 Å². The first-order valence-corrected chi connectivity index (χ1v) is 7.26. The average Bonchev–Trinajstić information content (AvgIpc) is 2.54. The van der Waals surface area contributed by atoms with Crippen molar-refractivity contribution in [3.8, 4) is 0 Å². The van der Waals surface area contributed by atoms with Gasteiger partial charge < -0.3 is 4.90 Å². The highest BCUT2D eigenvalue weighted by atomic mass is 15.3. The smallest absolute Gasteiger partial charge is 0.239 e. The first-order chi connectivity index (χ1) is 9.79. The van der Waals surface area contributed by atoms with Crippen LogP contribution < -0.4 is 16.2 Å². The summed E-state index contributed by atoms with van der Waals surface area (Å²) in [7, 11) is 2.13. The molecule has 0 bridgehead atoms. The van der Waals surface area contributed by atoms with Crippen molar-refractivity contribution in [1.29, 1.82) is 0 Å². The fraction of sp³-hybridized carbons (Fsp3) is 0.467. The maximum absolute atomic E-state index is 5.49. The Balaban J connectivity index is 2.04. The molecule has 1 aliphatic rings. The number of rotatable bonds is 3. The Morgan fingerprint density at radius 2 is 1.90 bits per heavy atom. The van der Waals surface area contributed by atoms with Crippen molar-refractivity contribution in [3.63, 3.8) is 0 Å². The normalized spacial score (nSPS) is 16.3. The van der Waals surface area contributed by atoms with Gasteiger partial charge in [-0.3, -0.25) is 5.43 Å². The van der Waals surface area contributed by atoms with Gasteiger partial charge in [0.15, 0.2) is 0 Å². The number of nitrogens with two attached hydrogens (primary N) is 1. The molecule has 0 spiro atoms. The second kappa shape index (κ2) is 5.63. The molecular weight excluding hydrogens is 250 g/mol. The second-order valence-corrected chi connectivity index (χ2v) is 5.44. The van der Waals surface area contributed by atoms with Crippen LogP contribution in [0.4, 0.5) is 11.8 Å². The first-order valence-electron chi connectivity index (χ1n) is 7.26. The van der Waals surface area contributed by atoms with E-state index in [0.29, 0.717) is 12.0 Å².